The molecule has 0 saturated heterocycles. The van der Waals surface area contributed by atoms with Crippen LogP contribution in [0.1, 0.15) is 33.1 Å². The molecule has 0 spiro atoms. The number of amides is 2. The highest BCUT2D eigenvalue weighted by atomic mass is 16.2. The van der Waals surface area contributed by atoms with E-state index in [9.17, 15) is 9.59 Å². The number of benzene rings is 1. The average Bonchev–Trinajstić information content (AvgIpc) is 2.43. The van der Waals surface area contributed by atoms with Crippen molar-refractivity contribution >= 4 is 23.2 Å². The summed E-state index contributed by atoms with van der Waals surface area (Å²) in [5, 5.41) is 2.85. The second kappa shape index (κ2) is 5.21. The van der Waals surface area contributed by atoms with Crippen molar-refractivity contribution in [2.45, 2.75) is 39.2 Å². The van der Waals surface area contributed by atoms with Crippen LogP contribution in [-0.2, 0) is 9.59 Å². The van der Waals surface area contributed by atoms with Gasteiger partial charge < -0.3 is 10.2 Å². The van der Waals surface area contributed by atoms with Gasteiger partial charge in [0, 0.05) is 18.9 Å². The minimum atomic E-state index is -0.104. The van der Waals surface area contributed by atoms with Gasteiger partial charge in [-0.1, -0.05) is 19.1 Å². The van der Waals surface area contributed by atoms with Crippen LogP contribution in [-0.4, -0.2) is 17.9 Å². The zero-order chi connectivity index (χ0) is 13.1. The third-order valence-electron chi connectivity index (χ3n) is 3.09. The lowest BCUT2D eigenvalue weighted by atomic mass is 10.1. The van der Waals surface area contributed by atoms with Crippen molar-refractivity contribution < 1.29 is 9.59 Å². The molecule has 4 heteroatoms. The molecule has 0 aromatic heterocycles. The van der Waals surface area contributed by atoms with E-state index in [1.165, 1.54) is 0 Å². The largest absolute Gasteiger partial charge is 0.324 e. The Morgan fingerprint density at radius 3 is 2.89 bits per heavy atom. The van der Waals surface area contributed by atoms with Crippen LogP contribution in [0.5, 0.6) is 0 Å². The summed E-state index contributed by atoms with van der Waals surface area (Å²) in [5.41, 5.74) is 1.52. The van der Waals surface area contributed by atoms with Crippen LogP contribution in [0.3, 0.4) is 0 Å². The molecule has 2 rings (SSSR count). The van der Waals surface area contributed by atoms with Crippen molar-refractivity contribution in [1.82, 2.24) is 0 Å². The van der Waals surface area contributed by atoms with Crippen LogP contribution in [0.2, 0.25) is 0 Å². The summed E-state index contributed by atoms with van der Waals surface area (Å²) in [5.74, 6) is 0.0377. The molecule has 0 aliphatic carbocycles. The van der Waals surface area contributed by atoms with Gasteiger partial charge in [0.2, 0.25) is 11.8 Å². The molecule has 1 N–H and O–H groups in total. The second-order valence-electron chi connectivity index (χ2n) is 4.63. The Morgan fingerprint density at radius 2 is 2.17 bits per heavy atom. The van der Waals surface area contributed by atoms with Crippen molar-refractivity contribution in [3.05, 3.63) is 24.3 Å². The van der Waals surface area contributed by atoms with E-state index >= 15 is 0 Å². The topological polar surface area (TPSA) is 49.4 Å². The number of rotatable bonds is 2. The molecule has 4 nitrogen and oxygen atoms in total. The molecule has 0 radical (unpaired) electrons. The summed E-state index contributed by atoms with van der Waals surface area (Å²) in [6.07, 6.45) is 1.66. The van der Waals surface area contributed by atoms with Gasteiger partial charge in [-0.05, 0) is 25.5 Å². The highest BCUT2D eigenvalue weighted by molar-refractivity contribution is 6.04. The summed E-state index contributed by atoms with van der Waals surface area (Å²) in [4.78, 5) is 25.7. The smallest absolute Gasteiger partial charge is 0.227 e. The zero-order valence-corrected chi connectivity index (χ0v) is 10.8. The van der Waals surface area contributed by atoms with E-state index in [1.54, 1.807) is 4.90 Å². The standard InChI is InChI=1S/C14H18N2O2/c1-3-6-14(18)16-10(2)9-13(17)15-11-7-4-5-8-12(11)16/h4-5,7-8,10H,3,6,9H2,1-2H3,(H,15,17). The van der Waals surface area contributed by atoms with E-state index in [-0.39, 0.29) is 17.9 Å². The summed E-state index contributed by atoms with van der Waals surface area (Å²) < 4.78 is 0. The van der Waals surface area contributed by atoms with Gasteiger partial charge in [0.25, 0.3) is 0 Å². The third kappa shape index (κ3) is 2.37. The van der Waals surface area contributed by atoms with Crippen LogP contribution < -0.4 is 10.2 Å². The van der Waals surface area contributed by atoms with Gasteiger partial charge in [0.05, 0.1) is 11.4 Å². The third-order valence-corrected chi connectivity index (χ3v) is 3.09. The van der Waals surface area contributed by atoms with Crippen LogP contribution in [0, 0.1) is 0 Å². The van der Waals surface area contributed by atoms with E-state index in [4.69, 9.17) is 0 Å². The highest BCUT2D eigenvalue weighted by Crippen LogP contribution is 2.31. The van der Waals surface area contributed by atoms with Crippen LogP contribution in [0.15, 0.2) is 24.3 Å². The molecule has 0 bridgehead atoms. The van der Waals surface area contributed by atoms with Gasteiger partial charge in [0.15, 0.2) is 0 Å². The minimum Gasteiger partial charge on any atom is -0.324 e. The lowest BCUT2D eigenvalue weighted by Crippen LogP contribution is -2.38. The van der Waals surface area contributed by atoms with Gasteiger partial charge >= 0.3 is 0 Å². The molecule has 1 unspecified atom stereocenters. The van der Waals surface area contributed by atoms with Crippen molar-refractivity contribution in [3.8, 4) is 0 Å². The molecule has 96 valence electrons. The summed E-state index contributed by atoms with van der Waals surface area (Å²) in [7, 11) is 0. The van der Waals surface area contributed by atoms with E-state index in [2.05, 4.69) is 5.32 Å². The maximum Gasteiger partial charge on any atom is 0.227 e. The molecule has 1 heterocycles. The Hall–Kier alpha value is -1.84. The normalized spacial score (nSPS) is 18.9. The molecule has 1 atom stereocenters. The molecule has 18 heavy (non-hydrogen) atoms. The number of hydrogen-bond donors (Lipinski definition) is 1. The zero-order valence-electron chi connectivity index (χ0n) is 10.8. The molecule has 2 amide bonds. The number of fused-ring (bicyclic) bond motifs is 1. The number of nitrogens with zero attached hydrogens (tertiary/aromatic N) is 1. The number of para-hydroxylation sites is 2. The van der Waals surface area contributed by atoms with E-state index in [0.29, 0.717) is 12.8 Å². The molecular formula is C14H18N2O2. The first-order chi connectivity index (χ1) is 8.63. The van der Waals surface area contributed by atoms with Crippen molar-refractivity contribution in [2.75, 3.05) is 10.2 Å². The van der Waals surface area contributed by atoms with Gasteiger partial charge in [-0.3, -0.25) is 9.59 Å². The maximum atomic E-state index is 12.2. The average molecular weight is 246 g/mol. The summed E-state index contributed by atoms with van der Waals surface area (Å²) >= 11 is 0. The first-order valence-electron chi connectivity index (χ1n) is 6.34. The van der Waals surface area contributed by atoms with Crippen molar-refractivity contribution in [2.24, 2.45) is 0 Å². The fourth-order valence-electron chi connectivity index (χ4n) is 2.30. The second-order valence-corrected chi connectivity index (χ2v) is 4.63. The fourth-order valence-corrected chi connectivity index (χ4v) is 2.30. The van der Waals surface area contributed by atoms with Gasteiger partial charge in [-0.2, -0.15) is 0 Å². The Balaban J connectivity index is 2.43. The van der Waals surface area contributed by atoms with Crippen LogP contribution >= 0.6 is 0 Å². The summed E-state index contributed by atoms with van der Waals surface area (Å²) in [6.45, 7) is 3.89. The SMILES string of the molecule is CCCC(=O)N1c2ccccc2NC(=O)CC1C. The fraction of sp³-hybridized carbons (Fsp3) is 0.429. The number of anilines is 2. The van der Waals surface area contributed by atoms with Crippen molar-refractivity contribution in [3.63, 3.8) is 0 Å². The number of nitrogens with one attached hydrogen (secondary N) is 1. The number of carbonyl (C=O) groups is 2. The van der Waals surface area contributed by atoms with Crippen LogP contribution in [0.25, 0.3) is 0 Å². The number of carbonyl (C=O) groups excluding carboxylic acids is 2. The molecule has 1 aliphatic rings. The lowest BCUT2D eigenvalue weighted by Gasteiger charge is -2.27. The Labute approximate surface area is 107 Å². The Kier molecular flexibility index (Phi) is 3.65. The predicted molar refractivity (Wildman–Crippen MR) is 71.5 cm³/mol. The first kappa shape index (κ1) is 12.6. The predicted octanol–water partition coefficient (Wildman–Crippen LogP) is 2.55. The maximum absolute atomic E-state index is 12.2. The molecule has 1 aromatic rings. The lowest BCUT2D eigenvalue weighted by molar-refractivity contribution is -0.119. The Morgan fingerprint density at radius 1 is 1.44 bits per heavy atom. The van der Waals surface area contributed by atoms with E-state index in [0.717, 1.165) is 17.8 Å². The molecule has 0 saturated carbocycles. The molecule has 0 fully saturated rings. The minimum absolute atomic E-state index is 0.0400. The summed E-state index contributed by atoms with van der Waals surface area (Å²) in [6, 6.07) is 7.35. The molecular weight excluding hydrogens is 228 g/mol. The molecule has 1 aromatic carbocycles. The van der Waals surface area contributed by atoms with Crippen molar-refractivity contribution in [1.29, 1.82) is 0 Å². The van der Waals surface area contributed by atoms with Crippen LogP contribution in [0.4, 0.5) is 11.4 Å². The highest BCUT2D eigenvalue weighted by Gasteiger charge is 2.28. The first-order valence-corrected chi connectivity index (χ1v) is 6.34. The molecule has 1 aliphatic heterocycles. The van der Waals surface area contributed by atoms with Gasteiger partial charge in [-0.25, -0.2) is 0 Å². The monoisotopic (exact) mass is 246 g/mol. The van der Waals surface area contributed by atoms with E-state index < -0.39 is 0 Å². The van der Waals surface area contributed by atoms with Gasteiger partial charge in [-0.15, -0.1) is 0 Å². The number of hydrogen-bond acceptors (Lipinski definition) is 2. The quantitative estimate of drug-likeness (QED) is 0.871. The Bertz CT molecular complexity index is 471. The van der Waals surface area contributed by atoms with Gasteiger partial charge in [0.1, 0.15) is 0 Å². The van der Waals surface area contributed by atoms with E-state index in [1.807, 2.05) is 38.1 Å².